The number of pyridine rings is 1. The van der Waals surface area contributed by atoms with E-state index in [1.165, 1.54) is 36.4 Å². The van der Waals surface area contributed by atoms with Crippen LogP contribution in [0, 0.1) is 23.3 Å². The molecule has 0 saturated heterocycles. The molecule has 0 fully saturated rings. The molecule has 0 N–H and O–H groups in total. The lowest BCUT2D eigenvalue weighted by Gasteiger charge is -2.10. The van der Waals surface area contributed by atoms with E-state index in [0.717, 1.165) is 12.1 Å². The van der Waals surface area contributed by atoms with E-state index in [4.69, 9.17) is 0 Å². The molecule has 0 bridgehead atoms. The summed E-state index contributed by atoms with van der Waals surface area (Å²) in [7, 11) is 0. The van der Waals surface area contributed by atoms with Crippen molar-refractivity contribution < 1.29 is 22.4 Å². The first kappa shape index (κ1) is 15.9. The highest BCUT2D eigenvalue weighted by atomic mass is 19.2. The zero-order valence-electron chi connectivity index (χ0n) is 12.1. The SMILES string of the molecule is O=Cc1ccc(-c2cccc(F)c2F)nc1-c1cccc(F)c1F. The van der Waals surface area contributed by atoms with Gasteiger partial charge in [0.05, 0.1) is 11.4 Å². The van der Waals surface area contributed by atoms with E-state index in [2.05, 4.69) is 4.98 Å². The van der Waals surface area contributed by atoms with Crippen molar-refractivity contribution in [3.8, 4) is 22.5 Å². The Morgan fingerprint density at radius 1 is 0.750 bits per heavy atom. The van der Waals surface area contributed by atoms with Crippen LogP contribution in [0.5, 0.6) is 0 Å². The van der Waals surface area contributed by atoms with E-state index >= 15 is 0 Å². The van der Waals surface area contributed by atoms with Crippen molar-refractivity contribution >= 4 is 6.29 Å². The fourth-order valence-corrected chi connectivity index (χ4v) is 2.32. The van der Waals surface area contributed by atoms with Gasteiger partial charge in [-0.2, -0.15) is 0 Å². The number of carbonyl (C=O) groups is 1. The normalized spacial score (nSPS) is 10.7. The maximum atomic E-state index is 14.0. The minimum atomic E-state index is -1.18. The quantitative estimate of drug-likeness (QED) is 0.510. The Balaban J connectivity index is 2.25. The molecule has 3 rings (SSSR count). The smallest absolute Gasteiger partial charge is 0.168 e. The van der Waals surface area contributed by atoms with Crippen LogP contribution in [-0.2, 0) is 0 Å². The second-order valence-electron chi connectivity index (χ2n) is 4.95. The molecule has 2 nitrogen and oxygen atoms in total. The number of halogens is 4. The van der Waals surface area contributed by atoms with Gasteiger partial charge in [0, 0.05) is 16.7 Å². The number of hydrogen-bond acceptors (Lipinski definition) is 2. The first-order valence-corrected chi connectivity index (χ1v) is 6.88. The van der Waals surface area contributed by atoms with Gasteiger partial charge in [-0.25, -0.2) is 22.5 Å². The Morgan fingerprint density at radius 3 is 1.96 bits per heavy atom. The molecule has 6 heteroatoms. The van der Waals surface area contributed by atoms with E-state index in [-0.39, 0.29) is 28.1 Å². The summed E-state index contributed by atoms with van der Waals surface area (Å²) in [5, 5.41) is 0. The van der Waals surface area contributed by atoms with Crippen LogP contribution < -0.4 is 0 Å². The molecule has 120 valence electrons. The summed E-state index contributed by atoms with van der Waals surface area (Å²) in [5.74, 6) is -4.46. The predicted molar refractivity (Wildman–Crippen MR) is 80.3 cm³/mol. The predicted octanol–water partition coefficient (Wildman–Crippen LogP) is 4.78. The molecule has 2 aromatic carbocycles. The van der Waals surface area contributed by atoms with Crippen molar-refractivity contribution in [1.82, 2.24) is 4.98 Å². The number of aldehydes is 1. The highest BCUT2D eigenvalue weighted by Crippen LogP contribution is 2.29. The van der Waals surface area contributed by atoms with E-state index in [1.807, 2.05) is 0 Å². The molecule has 3 aromatic rings. The van der Waals surface area contributed by atoms with E-state index in [9.17, 15) is 22.4 Å². The van der Waals surface area contributed by atoms with Crippen molar-refractivity contribution in [2.24, 2.45) is 0 Å². The third-order valence-electron chi connectivity index (χ3n) is 3.49. The highest BCUT2D eigenvalue weighted by molar-refractivity contribution is 5.87. The van der Waals surface area contributed by atoms with Gasteiger partial charge in [-0.1, -0.05) is 12.1 Å². The Hall–Kier alpha value is -3.02. The topological polar surface area (TPSA) is 30.0 Å². The Bertz CT molecular complexity index is 940. The minimum Gasteiger partial charge on any atom is -0.298 e. The first-order chi connectivity index (χ1) is 11.5. The van der Waals surface area contributed by atoms with Crippen LogP contribution in [0.15, 0.2) is 48.5 Å². The van der Waals surface area contributed by atoms with Crippen LogP contribution in [-0.4, -0.2) is 11.3 Å². The lowest BCUT2D eigenvalue weighted by molar-refractivity contribution is 0.112. The number of aromatic nitrogens is 1. The Labute approximate surface area is 134 Å². The summed E-state index contributed by atoms with van der Waals surface area (Å²) in [5.41, 5.74) is -0.541. The van der Waals surface area contributed by atoms with Crippen LogP contribution in [0.4, 0.5) is 17.6 Å². The van der Waals surface area contributed by atoms with Gasteiger partial charge in [0.1, 0.15) is 0 Å². The summed E-state index contributed by atoms with van der Waals surface area (Å²) in [6.45, 7) is 0. The maximum absolute atomic E-state index is 14.0. The van der Waals surface area contributed by atoms with Crippen LogP contribution in [0.2, 0.25) is 0 Å². The number of hydrogen-bond donors (Lipinski definition) is 0. The number of nitrogens with zero attached hydrogens (tertiary/aromatic N) is 1. The van der Waals surface area contributed by atoms with Crippen molar-refractivity contribution in [2.75, 3.05) is 0 Å². The van der Waals surface area contributed by atoms with Gasteiger partial charge in [0.25, 0.3) is 0 Å². The summed E-state index contributed by atoms with van der Waals surface area (Å²) in [6.07, 6.45) is 0.429. The van der Waals surface area contributed by atoms with Gasteiger partial charge >= 0.3 is 0 Å². The molecular weight excluding hydrogens is 322 g/mol. The molecule has 1 heterocycles. The van der Waals surface area contributed by atoms with E-state index < -0.39 is 23.3 Å². The summed E-state index contributed by atoms with van der Waals surface area (Å²) in [4.78, 5) is 15.2. The van der Waals surface area contributed by atoms with Crippen LogP contribution in [0.3, 0.4) is 0 Å². The minimum absolute atomic E-state index is 0.0000567. The van der Waals surface area contributed by atoms with Crippen molar-refractivity contribution in [3.05, 3.63) is 77.4 Å². The Morgan fingerprint density at radius 2 is 1.33 bits per heavy atom. The van der Waals surface area contributed by atoms with Crippen molar-refractivity contribution in [1.29, 1.82) is 0 Å². The Kier molecular flexibility index (Phi) is 4.12. The highest BCUT2D eigenvalue weighted by Gasteiger charge is 2.17. The molecule has 1 aromatic heterocycles. The lowest BCUT2D eigenvalue weighted by atomic mass is 10.0. The molecule has 0 aliphatic carbocycles. The van der Waals surface area contributed by atoms with E-state index in [1.54, 1.807) is 0 Å². The van der Waals surface area contributed by atoms with Crippen LogP contribution >= 0.6 is 0 Å². The molecule has 0 unspecified atom stereocenters. The molecule has 0 atom stereocenters. The molecule has 0 spiro atoms. The van der Waals surface area contributed by atoms with Gasteiger partial charge < -0.3 is 0 Å². The number of rotatable bonds is 3. The first-order valence-electron chi connectivity index (χ1n) is 6.88. The number of carbonyl (C=O) groups excluding carboxylic acids is 1. The van der Waals surface area contributed by atoms with Gasteiger partial charge in [-0.15, -0.1) is 0 Å². The summed E-state index contributed by atoms with van der Waals surface area (Å²) in [6, 6.07) is 9.58. The molecule has 0 amide bonds. The van der Waals surface area contributed by atoms with E-state index in [0.29, 0.717) is 6.29 Å². The average molecular weight is 331 g/mol. The third-order valence-corrected chi connectivity index (χ3v) is 3.49. The second kappa shape index (κ2) is 6.23. The average Bonchev–Trinajstić information content (AvgIpc) is 2.59. The third kappa shape index (κ3) is 2.67. The largest absolute Gasteiger partial charge is 0.298 e. The van der Waals surface area contributed by atoms with Crippen molar-refractivity contribution in [3.63, 3.8) is 0 Å². The molecule has 24 heavy (non-hydrogen) atoms. The fourth-order valence-electron chi connectivity index (χ4n) is 2.32. The van der Waals surface area contributed by atoms with Crippen LogP contribution in [0.1, 0.15) is 10.4 Å². The zero-order chi connectivity index (χ0) is 17.3. The summed E-state index contributed by atoms with van der Waals surface area (Å²) < 4.78 is 54.8. The van der Waals surface area contributed by atoms with Gasteiger partial charge in [-0.05, 0) is 36.4 Å². The fraction of sp³-hybridized carbons (Fsp3) is 0. The molecule has 0 aliphatic heterocycles. The van der Waals surface area contributed by atoms with Gasteiger partial charge in [0.2, 0.25) is 0 Å². The maximum Gasteiger partial charge on any atom is 0.168 e. The molecule has 0 saturated carbocycles. The molecule has 0 radical (unpaired) electrons. The van der Waals surface area contributed by atoms with Crippen molar-refractivity contribution in [2.45, 2.75) is 0 Å². The lowest BCUT2D eigenvalue weighted by Crippen LogP contribution is -1.99. The van der Waals surface area contributed by atoms with Crippen LogP contribution in [0.25, 0.3) is 22.5 Å². The standard InChI is InChI=1S/C18H9F4NO/c19-13-5-1-3-11(16(13)21)15-8-7-10(9-24)18(23-15)12-4-2-6-14(20)17(12)22/h1-9H. The van der Waals surface area contributed by atoms with Gasteiger partial charge in [0.15, 0.2) is 29.6 Å². The zero-order valence-corrected chi connectivity index (χ0v) is 12.1. The summed E-state index contributed by atoms with van der Waals surface area (Å²) >= 11 is 0. The van der Waals surface area contributed by atoms with Gasteiger partial charge in [-0.3, -0.25) is 4.79 Å². The monoisotopic (exact) mass is 331 g/mol. The number of benzene rings is 2. The second-order valence-corrected chi connectivity index (χ2v) is 4.95. The molecule has 0 aliphatic rings. The molecular formula is C18H9F4NO.